The van der Waals surface area contributed by atoms with Gasteiger partial charge in [0, 0.05) is 11.7 Å². The molecule has 3 N–H and O–H groups in total. The molecule has 0 heterocycles. The van der Waals surface area contributed by atoms with Crippen LogP contribution >= 0.6 is 0 Å². The van der Waals surface area contributed by atoms with Gasteiger partial charge < -0.3 is 11.1 Å². The van der Waals surface area contributed by atoms with Crippen LogP contribution in [0.25, 0.3) is 0 Å². The molecule has 0 amide bonds. The van der Waals surface area contributed by atoms with Crippen molar-refractivity contribution in [3.8, 4) is 0 Å². The molecule has 0 saturated heterocycles. The van der Waals surface area contributed by atoms with Gasteiger partial charge in [-0.15, -0.1) is 0 Å². The summed E-state index contributed by atoms with van der Waals surface area (Å²) in [7, 11) is 0. The van der Waals surface area contributed by atoms with Gasteiger partial charge in [-0.2, -0.15) is 13.2 Å². The number of hydrogen-bond acceptors (Lipinski definition) is 2. The molecule has 1 aromatic rings. The lowest BCUT2D eigenvalue weighted by atomic mass is 9.84. The Bertz CT molecular complexity index is 417. The lowest BCUT2D eigenvalue weighted by molar-refractivity contribution is -0.137. The Hall–Kier alpha value is -1.23. The summed E-state index contributed by atoms with van der Waals surface area (Å²) in [5.74, 6) is 0.350. The van der Waals surface area contributed by atoms with E-state index in [1.54, 1.807) is 6.07 Å². The van der Waals surface area contributed by atoms with E-state index in [4.69, 9.17) is 5.73 Å². The molecule has 2 rings (SSSR count). The summed E-state index contributed by atoms with van der Waals surface area (Å²) in [6, 6.07) is 5.56. The van der Waals surface area contributed by atoms with Crippen molar-refractivity contribution in [2.75, 3.05) is 11.9 Å². The van der Waals surface area contributed by atoms with Crippen molar-refractivity contribution in [1.29, 1.82) is 0 Å². The number of anilines is 1. The Balaban J connectivity index is 2.10. The molecule has 1 saturated carbocycles. The highest BCUT2D eigenvalue weighted by Gasteiger charge is 2.31. The third kappa shape index (κ3) is 3.62. The smallest absolute Gasteiger partial charge is 0.382 e. The van der Waals surface area contributed by atoms with Crippen LogP contribution in [0.4, 0.5) is 18.9 Å². The van der Waals surface area contributed by atoms with E-state index in [1.807, 2.05) is 0 Å². The number of nitrogens with two attached hydrogens (primary N) is 1. The van der Waals surface area contributed by atoms with Crippen molar-refractivity contribution < 1.29 is 13.2 Å². The van der Waals surface area contributed by atoms with Crippen LogP contribution < -0.4 is 11.1 Å². The van der Waals surface area contributed by atoms with Gasteiger partial charge in [0.15, 0.2) is 0 Å². The van der Waals surface area contributed by atoms with E-state index in [1.165, 1.54) is 12.1 Å². The highest BCUT2D eigenvalue weighted by atomic mass is 19.4. The van der Waals surface area contributed by atoms with Crippen molar-refractivity contribution in [2.24, 2.45) is 11.7 Å². The van der Waals surface area contributed by atoms with Crippen LogP contribution in [0.3, 0.4) is 0 Å². The van der Waals surface area contributed by atoms with E-state index >= 15 is 0 Å². The van der Waals surface area contributed by atoms with Crippen LogP contribution in [0.15, 0.2) is 24.3 Å². The highest BCUT2D eigenvalue weighted by molar-refractivity contribution is 5.47. The summed E-state index contributed by atoms with van der Waals surface area (Å²) in [6.45, 7) is 0.580. The molecular formula is C14H19F3N2. The van der Waals surface area contributed by atoms with Crippen molar-refractivity contribution in [3.05, 3.63) is 29.8 Å². The van der Waals surface area contributed by atoms with Crippen LogP contribution in [-0.4, -0.2) is 12.6 Å². The predicted molar refractivity (Wildman–Crippen MR) is 69.9 cm³/mol. The van der Waals surface area contributed by atoms with Gasteiger partial charge in [-0.25, -0.2) is 0 Å². The summed E-state index contributed by atoms with van der Waals surface area (Å²) in [4.78, 5) is 0. The zero-order valence-electron chi connectivity index (χ0n) is 10.7. The lowest BCUT2D eigenvalue weighted by Crippen LogP contribution is -2.36. The molecule has 19 heavy (non-hydrogen) atoms. The summed E-state index contributed by atoms with van der Waals surface area (Å²) in [5, 5.41) is 3.21. The summed E-state index contributed by atoms with van der Waals surface area (Å²) >= 11 is 0. The lowest BCUT2D eigenvalue weighted by Gasteiger charge is -2.32. The van der Waals surface area contributed by atoms with Crippen LogP contribution in [0, 0.1) is 5.92 Å². The zero-order valence-corrected chi connectivity index (χ0v) is 10.7. The van der Waals surface area contributed by atoms with Gasteiger partial charge in [-0.1, -0.05) is 18.9 Å². The number of hydrogen-bond donors (Lipinski definition) is 2. The zero-order chi connectivity index (χ0) is 13.9. The van der Waals surface area contributed by atoms with E-state index in [0.717, 1.165) is 31.7 Å². The molecule has 1 aliphatic carbocycles. The molecule has 0 aromatic heterocycles. The van der Waals surface area contributed by atoms with Gasteiger partial charge in [0.05, 0.1) is 5.56 Å². The topological polar surface area (TPSA) is 38.0 Å². The highest BCUT2D eigenvalue weighted by Crippen LogP contribution is 2.32. The second-order valence-corrected chi connectivity index (χ2v) is 5.11. The molecule has 0 bridgehead atoms. The fourth-order valence-corrected chi connectivity index (χ4v) is 2.68. The van der Waals surface area contributed by atoms with E-state index < -0.39 is 11.7 Å². The normalized spacial score (nSPS) is 24.2. The van der Waals surface area contributed by atoms with Crippen LogP contribution in [0.1, 0.15) is 31.2 Å². The molecule has 1 aliphatic rings. The fourth-order valence-electron chi connectivity index (χ4n) is 2.68. The Kier molecular flexibility index (Phi) is 4.34. The van der Waals surface area contributed by atoms with E-state index in [9.17, 15) is 13.2 Å². The van der Waals surface area contributed by atoms with Gasteiger partial charge in [0.25, 0.3) is 0 Å². The minimum atomic E-state index is -4.29. The van der Waals surface area contributed by atoms with Gasteiger partial charge in [-0.3, -0.25) is 0 Å². The molecule has 0 spiro atoms. The maximum absolute atomic E-state index is 12.6. The molecule has 1 fully saturated rings. The van der Waals surface area contributed by atoms with E-state index in [2.05, 4.69) is 5.32 Å². The molecule has 2 unspecified atom stereocenters. The first-order valence-electron chi connectivity index (χ1n) is 6.64. The van der Waals surface area contributed by atoms with E-state index in [0.29, 0.717) is 18.2 Å². The maximum atomic E-state index is 12.6. The quantitative estimate of drug-likeness (QED) is 0.881. The van der Waals surface area contributed by atoms with Crippen LogP contribution in [0.2, 0.25) is 0 Å². The standard InChI is InChI=1S/C14H19F3N2/c15-14(16,17)11-5-3-6-12(8-11)19-13-7-2-1-4-10(13)9-18/h3,5-6,8,10,13,19H,1-2,4,7,9,18H2. The summed E-state index contributed by atoms with van der Waals surface area (Å²) in [6.07, 6.45) is -0.0153. The van der Waals surface area contributed by atoms with Crippen molar-refractivity contribution >= 4 is 5.69 Å². The second-order valence-electron chi connectivity index (χ2n) is 5.11. The first kappa shape index (κ1) is 14.2. The maximum Gasteiger partial charge on any atom is 0.416 e. The third-order valence-corrected chi connectivity index (χ3v) is 3.75. The minimum absolute atomic E-state index is 0.183. The summed E-state index contributed by atoms with van der Waals surface area (Å²) < 4.78 is 37.9. The van der Waals surface area contributed by atoms with Gasteiger partial charge in [0.2, 0.25) is 0 Å². The Labute approximate surface area is 111 Å². The average molecular weight is 272 g/mol. The SMILES string of the molecule is NCC1CCCCC1Nc1cccc(C(F)(F)F)c1. The molecule has 2 atom stereocenters. The predicted octanol–water partition coefficient (Wildman–Crippen LogP) is 3.63. The number of benzene rings is 1. The number of rotatable bonds is 3. The first-order chi connectivity index (χ1) is 9.00. The van der Waals surface area contributed by atoms with Gasteiger partial charge >= 0.3 is 6.18 Å². The second kappa shape index (κ2) is 5.82. The third-order valence-electron chi connectivity index (χ3n) is 3.75. The van der Waals surface area contributed by atoms with Gasteiger partial charge in [-0.05, 0) is 43.5 Å². The fraction of sp³-hybridized carbons (Fsp3) is 0.571. The number of alkyl halides is 3. The Morgan fingerprint density at radius 1 is 1.21 bits per heavy atom. The number of nitrogens with one attached hydrogen (secondary N) is 1. The van der Waals surface area contributed by atoms with Gasteiger partial charge in [0.1, 0.15) is 0 Å². The van der Waals surface area contributed by atoms with Crippen LogP contribution in [-0.2, 0) is 6.18 Å². The monoisotopic (exact) mass is 272 g/mol. The van der Waals surface area contributed by atoms with Crippen molar-refractivity contribution in [2.45, 2.75) is 37.9 Å². The Morgan fingerprint density at radius 3 is 2.63 bits per heavy atom. The molecule has 106 valence electrons. The molecule has 1 aromatic carbocycles. The Morgan fingerprint density at radius 2 is 1.95 bits per heavy atom. The minimum Gasteiger partial charge on any atom is -0.382 e. The van der Waals surface area contributed by atoms with Crippen molar-refractivity contribution in [3.63, 3.8) is 0 Å². The van der Waals surface area contributed by atoms with Crippen LogP contribution in [0.5, 0.6) is 0 Å². The average Bonchev–Trinajstić information content (AvgIpc) is 2.39. The first-order valence-corrected chi connectivity index (χ1v) is 6.64. The van der Waals surface area contributed by atoms with E-state index in [-0.39, 0.29) is 6.04 Å². The molecule has 0 radical (unpaired) electrons. The summed E-state index contributed by atoms with van der Waals surface area (Å²) in [5.41, 5.74) is 5.64. The largest absolute Gasteiger partial charge is 0.416 e. The molecule has 5 heteroatoms. The molecule has 0 aliphatic heterocycles. The van der Waals surface area contributed by atoms with Crippen molar-refractivity contribution in [1.82, 2.24) is 0 Å². The molecule has 2 nitrogen and oxygen atoms in total. The number of halogens is 3. The molecular weight excluding hydrogens is 253 g/mol.